The van der Waals surface area contributed by atoms with Gasteiger partial charge in [-0.3, -0.25) is 10.00 Å². The highest BCUT2D eigenvalue weighted by Crippen LogP contribution is 2.10. The summed E-state index contributed by atoms with van der Waals surface area (Å²) in [7, 11) is 1.83. The number of nitrogens with zero attached hydrogens (tertiary/aromatic N) is 2. The van der Waals surface area contributed by atoms with Gasteiger partial charge in [-0.05, 0) is 25.7 Å². The Balaban J connectivity index is 2.37. The summed E-state index contributed by atoms with van der Waals surface area (Å²) in [5.41, 5.74) is 0.986. The molecule has 1 atom stereocenters. The van der Waals surface area contributed by atoms with Gasteiger partial charge in [-0.1, -0.05) is 13.3 Å². The van der Waals surface area contributed by atoms with E-state index in [9.17, 15) is 4.79 Å². The highest BCUT2D eigenvalue weighted by molar-refractivity contribution is 5.88. The van der Waals surface area contributed by atoms with Crippen LogP contribution in [0.4, 0.5) is 10.6 Å². The summed E-state index contributed by atoms with van der Waals surface area (Å²) in [5.74, 6) is 0.873. The molecule has 6 heteroatoms. The Morgan fingerprint density at radius 1 is 1.53 bits per heavy atom. The molecule has 1 rings (SSSR count). The van der Waals surface area contributed by atoms with Gasteiger partial charge < -0.3 is 10.4 Å². The van der Waals surface area contributed by atoms with E-state index in [4.69, 9.17) is 5.11 Å². The molecular formula is C13H24N4O2. The second-order valence-electron chi connectivity index (χ2n) is 4.80. The van der Waals surface area contributed by atoms with E-state index in [1.54, 1.807) is 4.68 Å². The number of aliphatic hydroxyl groups is 1. The van der Waals surface area contributed by atoms with Crippen molar-refractivity contribution < 1.29 is 9.90 Å². The minimum Gasteiger partial charge on any atom is -0.396 e. The third kappa shape index (κ3) is 5.30. The summed E-state index contributed by atoms with van der Waals surface area (Å²) in [6.07, 6.45) is 2.77. The van der Waals surface area contributed by atoms with Gasteiger partial charge in [0.15, 0.2) is 5.82 Å². The molecule has 0 radical (unpaired) electrons. The fourth-order valence-corrected chi connectivity index (χ4v) is 1.96. The summed E-state index contributed by atoms with van der Waals surface area (Å²) >= 11 is 0. The Hall–Kier alpha value is -1.56. The van der Waals surface area contributed by atoms with E-state index in [1.807, 2.05) is 20.0 Å². The quantitative estimate of drug-likeness (QED) is 0.703. The topological polar surface area (TPSA) is 79.2 Å². The number of nitrogens with one attached hydrogen (secondary N) is 2. The fraction of sp³-hybridized carbons (Fsp3) is 0.692. The number of aromatic nitrogens is 2. The predicted molar refractivity (Wildman–Crippen MR) is 75.1 cm³/mol. The molecule has 2 amide bonds. The highest BCUT2D eigenvalue weighted by Gasteiger charge is 2.10. The van der Waals surface area contributed by atoms with Crippen molar-refractivity contribution in [1.29, 1.82) is 0 Å². The van der Waals surface area contributed by atoms with Crippen molar-refractivity contribution in [2.75, 3.05) is 18.5 Å². The molecule has 0 saturated carbocycles. The van der Waals surface area contributed by atoms with E-state index in [0.717, 1.165) is 25.0 Å². The lowest BCUT2D eigenvalue weighted by Gasteiger charge is -2.15. The average Bonchev–Trinajstić information content (AvgIpc) is 2.66. The van der Waals surface area contributed by atoms with Crippen LogP contribution in [-0.2, 0) is 7.05 Å². The molecule has 19 heavy (non-hydrogen) atoms. The van der Waals surface area contributed by atoms with Gasteiger partial charge in [-0.25, -0.2) is 4.79 Å². The van der Waals surface area contributed by atoms with Gasteiger partial charge in [0.25, 0.3) is 0 Å². The molecule has 108 valence electrons. The number of urea groups is 1. The maximum atomic E-state index is 11.7. The molecule has 0 bridgehead atoms. The second-order valence-corrected chi connectivity index (χ2v) is 4.80. The molecule has 1 unspecified atom stereocenters. The molecule has 1 aromatic heterocycles. The second kappa shape index (κ2) is 7.78. The third-order valence-electron chi connectivity index (χ3n) is 3.14. The Labute approximate surface area is 114 Å². The van der Waals surface area contributed by atoms with Gasteiger partial charge in [0, 0.05) is 32.0 Å². The maximum Gasteiger partial charge on any atom is 0.320 e. The predicted octanol–water partition coefficient (Wildman–Crippen LogP) is 1.65. The van der Waals surface area contributed by atoms with Crippen LogP contribution in [0.3, 0.4) is 0 Å². The zero-order valence-corrected chi connectivity index (χ0v) is 11.9. The third-order valence-corrected chi connectivity index (χ3v) is 3.14. The molecule has 1 heterocycles. The zero-order chi connectivity index (χ0) is 14.3. The number of amides is 2. The number of aliphatic hydroxyl groups excluding tert-OH is 1. The number of aryl methyl sites for hydroxylation is 2. The van der Waals surface area contributed by atoms with Crippen LogP contribution in [0.25, 0.3) is 0 Å². The summed E-state index contributed by atoms with van der Waals surface area (Å²) in [5, 5.41) is 18.6. The summed E-state index contributed by atoms with van der Waals surface area (Å²) in [4.78, 5) is 11.7. The van der Waals surface area contributed by atoms with Crippen LogP contribution in [0, 0.1) is 12.8 Å². The molecule has 0 aliphatic rings. The smallest absolute Gasteiger partial charge is 0.320 e. The van der Waals surface area contributed by atoms with Crippen molar-refractivity contribution in [2.45, 2.75) is 33.1 Å². The van der Waals surface area contributed by atoms with Crippen LogP contribution < -0.4 is 10.6 Å². The normalized spacial score (nSPS) is 12.2. The maximum absolute atomic E-state index is 11.7. The number of anilines is 1. The molecule has 1 aromatic rings. The van der Waals surface area contributed by atoms with Crippen molar-refractivity contribution in [3.63, 3.8) is 0 Å². The van der Waals surface area contributed by atoms with E-state index in [-0.39, 0.29) is 12.6 Å². The average molecular weight is 268 g/mol. The van der Waals surface area contributed by atoms with Gasteiger partial charge >= 0.3 is 6.03 Å². The van der Waals surface area contributed by atoms with E-state index in [0.29, 0.717) is 18.3 Å². The Kier molecular flexibility index (Phi) is 6.35. The number of carbonyl (C=O) groups excluding carboxylic acids is 1. The standard InChI is InChI=1S/C13H24N4O2/c1-4-5-11(6-7-18)9-14-13(19)15-12-8-10(2)17(3)16-12/h8,11,18H,4-7,9H2,1-3H3,(H2,14,15,16,19). The lowest BCUT2D eigenvalue weighted by atomic mass is 10.0. The first kappa shape index (κ1) is 15.5. The van der Waals surface area contributed by atoms with E-state index >= 15 is 0 Å². The van der Waals surface area contributed by atoms with E-state index < -0.39 is 0 Å². The van der Waals surface area contributed by atoms with Gasteiger partial charge in [0.05, 0.1) is 0 Å². The number of rotatable bonds is 7. The van der Waals surface area contributed by atoms with Crippen molar-refractivity contribution in [1.82, 2.24) is 15.1 Å². The van der Waals surface area contributed by atoms with Crippen molar-refractivity contribution >= 4 is 11.8 Å². The fourth-order valence-electron chi connectivity index (χ4n) is 1.96. The highest BCUT2D eigenvalue weighted by atomic mass is 16.3. The largest absolute Gasteiger partial charge is 0.396 e. The summed E-state index contributed by atoms with van der Waals surface area (Å²) in [6, 6.07) is 1.56. The summed E-state index contributed by atoms with van der Waals surface area (Å²) in [6.45, 7) is 4.76. The zero-order valence-electron chi connectivity index (χ0n) is 11.9. The summed E-state index contributed by atoms with van der Waals surface area (Å²) < 4.78 is 1.71. The SMILES string of the molecule is CCCC(CCO)CNC(=O)Nc1cc(C)n(C)n1. The van der Waals surface area contributed by atoms with Crippen LogP contribution in [0.15, 0.2) is 6.07 Å². The van der Waals surface area contributed by atoms with Crippen LogP contribution in [-0.4, -0.2) is 34.1 Å². The number of hydrogen-bond acceptors (Lipinski definition) is 3. The van der Waals surface area contributed by atoms with Crippen molar-refractivity contribution in [2.24, 2.45) is 13.0 Å². The van der Waals surface area contributed by atoms with Crippen LogP contribution >= 0.6 is 0 Å². The lowest BCUT2D eigenvalue weighted by molar-refractivity contribution is 0.236. The van der Waals surface area contributed by atoms with E-state index in [2.05, 4.69) is 22.7 Å². The number of hydrogen-bond donors (Lipinski definition) is 3. The van der Waals surface area contributed by atoms with Crippen molar-refractivity contribution in [3.8, 4) is 0 Å². The molecule has 3 N–H and O–H groups in total. The first-order valence-corrected chi connectivity index (χ1v) is 6.73. The first-order chi connectivity index (χ1) is 9.06. The Morgan fingerprint density at radius 3 is 2.79 bits per heavy atom. The van der Waals surface area contributed by atoms with E-state index in [1.165, 1.54) is 0 Å². The van der Waals surface area contributed by atoms with Crippen LogP contribution in [0.1, 0.15) is 31.9 Å². The molecule has 0 aliphatic carbocycles. The van der Waals surface area contributed by atoms with Crippen LogP contribution in [0.2, 0.25) is 0 Å². The Morgan fingerprint density at radius 2 is 2.26 bits per heavy atom. The monoisotopic (exact) mass is 268 g/mol. The van der Waals surface area contributed by atoms with Crippen molar-refractivity contribution in [3.05, 3.63) is 11.8 Å². The molecule has 0 aliphatic heterocycles. The molecule has 0 aromatic carbocycles. The van der Waals surface area contributed by atoms with Gasteiger partial charge in [-0.2, -0.15) is 5.10 Å². The molecule has 0 spiro atoms. The minimum atomic E-state index is -0.253. The molecule has 0 fully saturated rings. The minimum absolute atomic E-state index is 0.160. The van der Waals surface area contributed by atoms with Gasteiger partial charge in [0.2, 0.25) is 0 Å². The number of carbonyl (C=O) groups is 1. The molecular weight excluding hydrogens is 244 g/mol. The molecule has 0 saturated heterocycles. The van der Waals surface area contributed by atoms with Gasteiger partial charge in [-0.15, -0.1) is 0 Å². The van der Waals surface area contributed by atoms with Crippen LogP contribution in [0.5, 0.6) is 0 Å². The first-order valence-electron chi connectivity index (χ1n) is 6.73. The lowest BCUT2D eigenvalue weighted by Crippen LogP contribution is -2.33. The molecule has 6 nitrogen and oxygen atoms in total. The van der Waals surface area contributed by atoms with Gasteiger partial charge in [0.1, 0.15) is 0 Å². The Bertz CT molecular complexity index is 378.